The number of carboxylic acid groups (broad SMARTS) is 1. The number of ether oxygens (including phenoxy) is 3. The van der Waals surface area contributed by atoms with Crippen LogP contribution in [0.15, 0.2) is 0 Å². The number of hydrogen-bond acceptors (Lipinski definition) is 17. The first-order valence-electron chi connectivity index (χ1n) is 16.5. The Morgan fingerprint density at radius 1 is 1.00 bits per heavy atom. The molecule has 9 unspecified atom stereocenters. The SMILES string of the molecule is CC(C)CC(=O)OC1[C@H](OC2CC(C(=O)O)C3CCC45CC(CCC4C3(C)C2)C(C)[C@@H]5O)O[C@@H](CO)[C@@H](OSOOO)[C@@H]1OSOOO. The molecule has 4 aliphatic carbocycles. The van der Waals surface area contributed by atoms with E-state index in [1.54, 1.807) is 0 Å². The Labute approximate surface area is 287 Å². The molecule has 0 aromatic rings. The van der Waals surface area contributed by atoms with E-state index < -0.39 is 72.8 Å². The molecule has 1 spiro atoms. The number of esters is 1. The normalized spacial score (nSPS) is 43.9. The van der Waals surface area contributed by atoms with Crippen molar-refractivity contribution >= 4 is 36.6 Å². The molecule has 48 heavy (non-hydrogen) atoms. The summed E-state index contributed by atoms with van der Waals surface area (Å²) < 4.78 is 38.5. The van der Waals surface area contributed by atoms with Crippen molar-refractivity contribution in [3.05, 3.63) is 0 Å². The lowest BCUT2D eigenvalue weighted by Gasteiger charge is -2.62. The van der Waals surface area contributed by atoms with E-state index in [9.17, 15) is 24.9 Å². The van der Waals surface area contributed by atoms with Crippen LogP contribution in [-0.2, 0) is 50.9 Å². The fourth-order valence-corrected chi connectivity index (χ4v) is 10.8. The van der Waals surface area contributed by atoms with Crippen LogP contribution in [-0.4, -0.2) is 87.3 Å². The van der Waals surface area contributed by atoms with E-state index >= 15 is 0 Å². The summed E-state index contributed by atoms with van der Waals surface area (Å²) in [7, 11) is 0. The van der Waals surface area contributed by atoms with Crippen molar-refractivity contribution in [3.63, 3.8) is 0 Å². The fraction of sp³-hybridized carbons (Fsp3) is 0.933. The summed E-state index contributed by atoms with van der Waals surface area (Å²) in [6, 6.07) is 0. The van der Waals surface area contributed by atoms with Gasteiger partial charge in [0.15, 0.2) is 37.0 Å². The van der Waals surface area contributed by atoms with Gasteiger partial charge in [-0.15, -0.1) is 8.67 Å². The van der Waals surface area contributed by atoms with Crippen LogP contribution in [0.25, 0.3) is 0 Å². The molecule has 0 radical (unpaired) electrons. The molecular weight excluding hydrogens is 680 g/mol. The highest BCUT2D eigenvalue weighted by Gasteiger charge is 2.67. The molecule has 14 atom stereocenters. The second-order valence-corrected chi connectivity index (χ2v) is 15.7. The number of hydrogen-bond donors (Lipinski definition) is 5. The molecule has 4 saturated carbocycles. The van der Waals surface area contributed by atoms with E-state index in [0.717, 1.165) is 25.7 Å². The lowest BCUT2D eigenvalue weighted by Crippen LogP contribution is -2.63. The van der Waals surface area contributed by atoms with Gasteiger partial charge < -0.3 is 29.5 Å². The monoisotopic (exact) mass is 728 g/mol. The summed E-state index contributed by atoms with van der Waals surface area (Å²) in [5.74, 6) is -1.72. The Morgan fingerprint density at radius 2 is 1.69 bits per heavy atom. The van der Waals surface area contributed by atoms with Crippen molar-refractivity contribution in [1.29, 1.82) is 0 Å². The number of aliphatic hydroxyl groups is 2. The van der Waals surface area contributed by atoms with E-state index in [4.69, 9.17) is 33.1 Å². The van der Waals surface area contributed by atoms with Crippen LogP contribution < -0.4 is 0 Å². The molecule has 1 heterocycles. The number of aliphatic hydroxyl groups excluding tert-OH is 2. The Morgan fingerprint density at radius 3 is 2.31 bits per heavy atom. The minimum atomic E-state index is -1.37. The first-order chi connectivity index (χ1) is 22.9. The van der Waals surface area contributed by atoms with Gasteiger partial charge in [-0.05, 0) is 80.0 Å². The zero-order valence-electron chi connectivity index (χ0n) is 27.4. The smallest absolute Gasteiger partial charge is 0.306 e. The fourth-order valence-electron chi connectivity index (χ4n) is 10.1. The van der Waals surface area contributed by atoms with Crippen LogP contribution in [0.3, 0.4) is 0 Å². The molecule has 1 aliphatic heterocycles. The molecule has 276 valence electrons. The molecule has 1 saturated heterocycles. The predicted octanol–water partition coefficient (Wildman–Crippen LogP) is 4.11. The first kappa shape index (κ1) is 38.4. The topological polar surface area (TPSA) is 218 Å². The number of carbonyl (C=O) groups is 2. The molecule has 18 heteroatoms. The van der Waals surface area contributed by atoms with Gasteiger partial charge in [-0.1, -0.05) is 37.8 Å². The Balaban J connectivity index is 1.45. The number of fused-ring (bicyclic) bond motifs is 3. The van der Waals surface area contributed by atoms with Gasteiger partial charge in [-0.2, -0.15) is 0 Å². The van der Waals surface area contributed by atoms with Crippen LogP contribution in [0.5, 0.6) is 0 Å². The van der Waals surface area contributed by atoms with E-state index in [1.807, 2.05) is 13.8 Å². The highest BCUT2D eigenvalue weighted by molar-refractivity contribution is 7.90. The van der Waals surface area contributed by atoms with Crippen molar-refractivity contribution in [3.8, 4) is 0 Å². The van der Waals surface area contributed by atoms with Gasteiger partial charge >= 0.3 is 11.9 Å². The summed E-state index contributed by atoms with van der Waals surface area (Å²) in [5, 5.41) is 56.9. The minimum Gasteiger partial charge on any atom is -0.481 e. The van der Waals surface area contributed by atoms with Gasteiger partial charge in [0, 0.05) is 11.8 Å². The summed E-state index contributed by atoms with van der Waals surface area (Å²) in [4.78, 5) is 25.9. The lowest BCUT2D eigenvalue weighted by molar-refractivity contribution is -0.436. The van der Waals surface area contributed by atoms with Crippen LogP contribution in [0.4, 0.5) is 0 Å². The molecule has 5 fully saturated rings. The average Bonchev–Trinajstić information content (AvgIpc) is 3.21. The van der Waals surface area contributed by atoms with Crippen LogP contribution in [0, 0.1) is 46.3 Å². The van der Waals surface area contributed by atoms with Crippen molar-refractivity contribution < 1.29 is 76.7 Å². The van der Waals surface area contributed by atoms with Crippen molar-refractivity contribution in [1.82, 2.24) is 0 Å². The van der Waals surface area contributed by atoms with E-state index in [-0.39, 0.29) is 66.6 Å². The van der Waals surface area contributed by atoms with Crippen molar-refractivity contribution in [2.45, 2.75) is 122 Å². The standard InChI is InChI=1S/C30H48O16S2/c1-14(2)9-22(32)40-25-24(42-48-46-44-37)23(41-47-45-43-36)20(13-31)39-28(25)38-17-10-18(27(34)35)19-7-8-30-11-16(15(3)26(30)33)5-6-21(30)29(19,4)12-17/h14-21,23-26,28,31,33,36-37H,5-13H2,1-4H3,(H,34,35)/t15?,16?,17?,18?,19?,20-,21?,23+,24-,25?,26-,28+,29?,30?/m0/s1. The van der Waals surface area contributed by atoms with Gasteiger partial charge in [0.25, 0.3) is 0 Å². The third-order valence-electron chi connectivity index (χ3n) is 11.9. The Hall–Kier alpha value is -0.840. The number of carboxylic acids is 1. The second-order valence-electron chi connectivity index (χ2n) is 14.7. The van der Waals surface area contributed by atoms with Crippen LogP contribution in [0.1, 0.15) is 79.1 Å². The van der Waals surface area contributed by atoms with Gasteiger partial charge in [0.1, 0.15) is 18.3 Å². The molecule has 0 amide bonds. The Kier molecular flexibility index (Phi) is 13.0. The molecule has 16 nitrogen and oxygen atoms in total. The quantitative estimate of drug-likeness (QED) is 0.0400. The largest absolute Gasteiger partial charge is 0.481 e. The van der Waals surface area contributed by atoms with E-state index in [1.165, 1.54) is 0 Å². The molecular formula is C30H48O16S2. The maximum Gasteiger partial charge on any atom is 0.306 e. The summed E-state index contributed by atoms with van der Waals surface area (Å²) in [6.45, 7) is 7.29. The minimum absolute atomic E-state index is 0.0280. The maximum atomic E-state index is 13.1. The predicted molar refractivity (Wildman–Crippen MR) is 164 cm³/mol. The highest BCUT2D eigenvalue weighted by atomic mass is 32.2. The van der Waals surface area contributed by atoms with E-state index in [2.05, 4.69) is 32.6 Å². The van der Waals surface area contributed by atoms with E-state index in [0.29, 0.717) is 18.8 Å². The summed E-state index contributed by atoms with van der Waals surface area (Å²) >= 11 is 0.357. The zero-order valence-corrected chi connectivity index (χ0v) is 29.0. The molecule has 5 N–H and O–H groups in total. The molecule has 0 aromatic heterocycles. The summed E-state index contributed by atoms with van der Waals surface area (Å²) in [6.07, 6.45) is -2.64. The van der Waals surface area contributed by atoms with Gasteiger partial charge in [-0.3, -0.25) is 18.0 Å². The molecule has 5 rings (SSSR count). The molecule has 5 aliphatic rings. The van der Waals surface area contributed by atoms with Gasteiger partial charge in [0.2, 0.25) is 0 Å². The lowest BCUT2D eigenvalue weighted by atomic mass is 9.43. The third kappa shape index (κ3) is 7.53. The third-order valence-corrected chi connectivity index (χ3v) is 12.7. The first-order valence-corrected chi connectivity index (χ1v) is 17.9. The van der Waals surface area contributed by atoms with Crippen molar-refractivity contribution in [2.24, 2.45) is 46.3 Å². The zero-order chi connectivity index (χ0) is 34.8. The van der Waals surface area contributed by atoms with Gasteiger partial charge in [-0.25, -0.2) is 10.5 Å². The Bertz CT molecular complexity index is 1100. The summed E-state index contributed by atoms with van der Waals surface area (Å²) in [5.41, 5.74) is -0.749. The number of rotatable bonds is 15. The van der Waals surface area contributed by atoms with Crippen LogP contribution >= 0.6 is 24.6 Å². The average molecular weight is 729 g/mol. The van der Waals surface area contributed by atoms with Gasteiger partial charge in [0.05, 0.1) is 24.7 Å². The second kappa shape index (κ2) is 16.2. The van der Waals surface area contributed by atoms with Crippen LogP contribution in [0.2, 0.25) is 0 Å². The number of aliphatic carboxylic acids is 1. The van der Waals surface area contributed by atoms with Crippen molar-refractivity contribution in [2.75, 3.05) is 6.61 Å². The maximum absolute atomic E-state index is 13.1. The molecule has 0 aromatic carbocycles. The molecule has 2 bridgehead atoms. The number of carbonyl (C=O) groups excluding carboxylic acids is 1. The highest BCUT2D eigenvalue weighted by Crippen LogP contribution is 2.71.